The van der Waals surface area contributed by atoms with E-state index in [0.717, 1.165) is 0 Å². The smallest absolute Gasteiger partial charge is 0.326 e. The highest BCUT2D eigenvalue weighted by molar-refractivity contribution is 5.83. The molecule has 1 atom stereocenters. The first-order chi connectivity index (χ1) is 9.06. The Hall–Kier alpha value is -1.83. The van der Waals surface area contributed by atoms with Crippen LogP contribution in [0.5, 0.6) is 0 Å². The molecule has 20 heavy (non-hydrogen) atoms. The van der Waals surface area contributed by atoms with Gasteiger partial charge in [0, 0.05) is 13.5 Å². The lowest BCUT2D eigenvalue weighted by Gasteiger charge is -2.27. The molecule has 116 valence electrons. The maximum absolute atomic E-state index is 11.8. The number of nitrogens with one attached hydrogen (secondary N) is 1. The van der Waals surface area contributed by atoms with Crippen molar-refractivity contribution < 1.29 is 29.3 Å². The van der Waals surface area contributed by atoms with Crippen LogP contribution in [0.25, 0.3) is 0 Å². The van der Waals surface area contributed by atoms with Crippen LogP contribution >= 0.6 is 0 Å². The number of rotatable bonds is 7. The molecule has 0 fully saturated rings. The molecule has 0 aliphatic rings. The summed E-state index contributed by atoms with van der Waals surface area (Å²) in [5.74, 6) is -1.78. The number of aliphatic hydroxyl groups is 1. The third kappa shape index (κ3) is 7.57. The summed E-state index contributed by atoms with van der Waals surface area (Å²) in [5.41, 5.74) is -1.09. The second kappa shape index (κ2) is 7.68. The van der Waals surface area contributed by atoms with Crippen LogP contribution in [-0.2, 0) is 14.3 Å². The predicted octanol–water partition coefficient (Wildman–Crippen LogP) is -0.195. The largest absolute Gasteiger partial charge is 0.480 e. The van der Waals surface area contributed by atoms with Crippen molar-refractivity contribution >= 4 is 18.0 Å². The van der Waals surface area contributed by atoms with Gasteiger partial charge in [-0.1, -0.05) is 0 Å². The Morgan fingerprint density at radius 2 is 1.90 bits per heavy atom. The Labute approximate surface area is 117 Å². The number of carboxylic acids is 1. The summed E-state index contributed by atoms with van der Waals surface area (Å²) in [5, 5.41) is 20.9. The lowest BCUT2D eigenvalue weighted by Crippen LogP contribution is -2.50. The van der Waals surface area contributed by atoms with E-state index in [1.165, 1.54) is 32.9 Å². The van der Waals surface area contributed by atoms with Crippen LogP contribution in [-0.4, -0.2) is 65.4 Å². The Morgan fingerprint density at radius 3 is 2.30 bits per heavy atom. The highest BCUT2D eigenvalue weighted by Crippen LogP contribution is 2.05. The summed E-state index contributed by atoms with van der Waals surface area (Å²) in [4.78, 5) is 34.9. The van der Waals surface area contributed by atoms with E-state index in [1.807, 2.05) is 0 Å². The van der Waals surface area contributed by atoms with E-state index in [9.17, 15) is 19.5 Å². The molecule has 0 saturated carbocycles. The van der Waals surface area contributed by atoms with E-state index in [2.05, 4.69) is 10.1 Å². The van der Waals surface area contributed by atoms with Gasteiger partial charge < -0.3 is 25.2 Å². The molecule has 0 saturated heterocycles. The van der Waals surface area contributed by atoms with Crippen molar-refractivity contribution in [3.63, 3.8) is 0 Å². The van der Waals surface area contributed by atoms with Gasteiger partial charge >= 0.3 is 18.0 Å². The van der Waals surface area contributed by atoms with Crippen LogP contribution < -0.4 is 5.32 Å². The van der Waals surface area contributed by atoms with E-state index in [4.69, 9.17) is 5.11 Å². The number of likely N-dealkylation sites (N-methyl/N-ethyl adjacent to an activating group) is 1. The van der Waals surface area contributed by atoms with E-state index >= 15 is 0 Å². The number of hydrogen-bond donors (Lipinski definition) is 3. The fourth-order valence-electron chi connectivity index (χ4n) is 1.53. The molecule has 0 bridgehead atoms. The standard InChI is InChI=1S/C12H22N2O6/c1-12(2,19)7-14(3)11(18)13-8(10(16)17)5-6-9(15)20-4/h8,19H,5-7H2,1-4H3,(H,13,18)(H,16,17)/t8-/m0/s1. The first kappa shape index (κ1) is 18.2. The average molecular weight is 290 g/mol. The van der Waals surface area contributed by atoms with Gasteiger partial charge in [0.2, 0.25) is 0 Å². The monoisotopic (exact) mass is 290 g/mol. The van der Waals surface area contributed by atoms with Crippen molar-refractivity contribution in [2.24, 2.45) is 0 Å². The molecule has 0 spiro atoms. The lowest BCUT2D eigenvalue weighted by molar-refractivity contribution is -0.142. The maximum atomic E-state index is 11.8. The number of urea groups is 1. The van der Waals surface area contributed by atoms with Crippen LogP contribution in [0.15, 0.2) is 0 Å². The summed E-state index contributed by atoms with van der Waals surface area (Å²) in [6.07, 6.45) is -0.174. The quantitative estimate of drug-likeness (QED) is 0.559. The number of methoxy groups -OCH3 is 1. The lowest BCUT2D eigenvalue weighted by atomic mass is 10.1. The minimum atomic E-state index is -1.24. The summed E-state index contributed by atoms with van der Waals surface area (Å²) in [6, 6.07) is -1.82. The van der Waals surface area contributed by atoms with E-state index in [-0.39, 0.29) is 19.4 Å². The topological polar surface area (TPSA) is 116 Å². The van der Waals surface area contributed by atoms with Crippen molar-refractivity contribution in [1.29, 1.82) is 0 Å². The summed E-state index contributed by atoms with van der Waals surface area (Å²) < 4.78 is 4.41. The molecule has 0 aromatic heterocycles. The number of amides is 2. The Morgan fingerprint density at radius 1 is 1.35 bits per heavy atom. The SMILES string of the molecule is COC(=O)CC[C@H](NC(=O)N(C)CC(C)(C)O)C(=O)O. The first-order valence-electron chi connectivity index (χ1n) is 6.10. The molecule has 3 N–H and O–H groups in total. The number of carbonyl (C=O) groups excluding carboxylic acids is 2. The molecule has 0 aromatic carbocycles. The van der Waals surface area contributed by atoms with Gasteiger partial charge in [0.25, 0.3) is 0 Å². The second-order valence-corrected chi connectivity index (χ2v) is 5.12. The van der Waals surface area contributed by atoms with Gasteiger partial charge in [-0.2, -0.15) is 0 Å². The molecule has 0 aromatic rings. The molecule has 2 amide bonds. The average Bonchev–Trinajstić information content (AvgIpc) is 2.30. The number of esters is 1. The highest BCUT2D eigenvalue weighted by atomic mass is 16.5. The Balaban J connectivity index is 4.48. The maximum Gasteiger partial charge on any atom is 0.326 e. The molecule has 0 aliphatic heterocycles. The van der Waals surface area contributed by atoms with Gasteiger partial charge in [0.15, 0.2) is 0 Å². The molecule has 8 heteroatoms. The third-order valence-corrected chi connectivity index (χ3v) is 2.43. The minimum absolute atomic E-state index is 0.0438. The molecular weight excluding hydrogens is 268 g/mol. The summed E-state index contributed by atoms with van der Waals surface area (Å²) >= 11 is 0. The van der Waals surface area contributed by atoms with Crippen molar-refractivity contribution in [2.75, 3.05) is 20.7 Å². The number of carbonyl (C=O) groups is 3. The van der Waals surface area contributed by atoms with E-state index in [1.54, 1.807) is 0 Å². The fourth-order valence-corrected chi connectivity index (χ4v) is 1.53. The molecule has 0 heterocycles. The van der Waals surface area contributed by atoms with Crippen molar-refractivity contribution in [3.05, 3.63) is 0 Å². The second-order valence-electron chi connectivity index (χ2n) is 5.12. The Kier molecular flexibility index (Phi) is 6.98. The van der Waals surface area contributed by atoms with E-state index in [0.29, 0.717) is 0 Å². The van der Waals surface area contributed by atoms with Gasteiger partial charge in [0.05, 0.1) is 19.3 Å². The molecule has 0 aliphatic carbocycles. The number of aliphatic carboxylic acids is 1. The van der Waals surface area contributed by atoms with Gasteiger partial charge in [-0.05, 0) is 20.3 Å². The zero-order valence-electron chi connectivity index (χ0n) is 12.2. The summed E-state index contributed by atoms with van der Waals surface area (Å²) in [6.45, 7) is 3.10. The molecule has 0 unspecified atom stereocenters. The van der Waals surface area contributed by atoms with E-state index < -0.39 is 29.6 Å². The molecule has 0 rings (SSSR count). The van der Waals surface area contributed by atoms with Crippen LogP contribution in [0.2, 0.25) is 0 Å². The van der Waals surface area contributed by atoms with Crippen molar-refractivity contribution in [1.82, 2.24) is 10.2 Å². The van der Waals surface area contributed by atoms with Crippen LogP contribution in [0, 0.1) is 0 Å². The number of hydrogen-bond acceptors (Lipinski definition) is 5. The molecular formula is C12H22N2O6. The predicted molar refractivity (Wildman–Crippen MR) is 70.1 cm³/mol. The fraction of sp³-hybridized carbons (Fsp3) is 0.750. The van der Waals surface area contributed by atoms with Gasteiger partial charge in [-0.25, -0.2) is 9.59 Å². The van der Waals surface area contributed by atoms with Gasteiger partial charge in [-0.3, -0.25) is 4.79 Å². The minimum Gasteiger partial charge on any atom is -0.480 e. The van der Waals surface area contributed by atoms with Crippen molar-refractivity contribution in [3.8, 4) is 0 Å². The summed E-state index contributed by atoms with van der Waals surface area (Å²) in [7, 11) is 2.64. The highest BCUT2D eigenvalue weighted by Gasteiger charge is 2.25. The van der Waals surface area contributed by atoms with Crippen LogP contribution in [0.4, 0.5) is 4.79 Å². The van der Waals surface area contributed by atoms with Gasteiger partial charge in [0.1, 0.15) is 6.04 Å². The molecule has 0 radical (unpaired) electrons. The first-order valence-corrected chi connectivity index (χ1v) is 6.10. The van der Waals surface area contributed by atoms with Crippen LogP contribution in [0.1, 0.15) is 26.7 Å². The Bertz CT molecular complexity index is 363. The zero-order valence-corrected chi connectivity index (χ0v) is 12.2. The number of nitrogens with zero attached hydrogens (tertiary/aromatic N) is 1. The zero-order chi connectivity index (χ0) is 15.9. The van der Waals surface area contributed by atoms with Gasteiger partial charge in [-0.15, -0.1) is 0 Å². The number of carboxylic acid groups (broad SMARTS) is 1. The normalized spacial score (nSPS) is 12.4. The molecule has 8 nitrogen and oxygen atoms in total. The van der Waals surface area contributed by atoms with Crippen LogP contribution in [0.3, 0.4) is 0 Å². The third-order valence-electron chi connectivity index (χ3n) is 2.43. The number of ether oxygens (including phenoxy) is 1. The van der Waals surface area contributed by atoms with Crippen molar-refractivity contribution in [2.45, 2.75) is 38.3 Å².